The second kappa shape index (κ2) is 5.80. The number of hydrogen-bond donors (Lipinski definition) is 0. The Morgan fingerprint density at radius 1 is 1.10 bits per heavy atom. The lowest BCUT2D eigenvalue weighted by Crippen LogP contribution is -2.00. The maximum absolute atomic E-state index is 8.75. The Balaban J connectivity index is 2.09. The molecule has 0 aliphatic heterocycles. The summed E-state index contributed by atoms with van der Waals surface area (Å²) in [6.45, 7) is 2.90. The van der Waals surface area contributed by atoms with Crippen molar-refractivity contribution >= 4 is 11.0 Å². The van der Waals surface area contributed by atoms with Crippen LogP contribution in [-0.4, -0.2) is 9.55 Å². The number of aryl methyl sites for hydroxylation is 2. The number of rotatable bonds is 4. The third-order valence-corrected chi connectivity index (χ3v) is 3.63. The quantitative estimate of drug-likeness (QED) is 0.665. The Kier molecular flexibility index (Phi) is 3.70. The highest BCUT2D eigenvalue weighted by Gasteiger charge is 2.11. The van der Waals surface area contributed by atoms with Crippen molar-refractivity contribution in [1.29, 1.82) is 5.26 Å². The van der Waals surface area contributed by atoms with Gasteiger partial charge < -0.3 is 4.57 Å². The highest BCUT2D eigenvalue weighted by atomic mass is 15.1. The van der Waals surface area contributed by atoms with Gasteiger partial charge in [0.05, 0.1) is 17.1 Å². The summed E-state index contributed by atoms with van der Waals surface area (Å²) in [7, 11) is 0. The minimum absolute atomic E-state index is 0.569. The lowest BCUT2D eigenvalue weighted by Gasteiger charge is -2.08. The lowest BCUT2D eigenvalue weighted by molar-refractivity contribution is 0.675. The number of aromatic nitrogens is 2. The number of nitrogens with zero attached hydrogens (tertiary/aromatic N) is 3. The van der Waals surface area contributed by atoms with Crippen molar-refractivity contribution in [3.8, 4) is 17.5 Å². The molecule has 0 bridgehead atoms. The van der Waals surface area contributed by atoms with Gasteiger partial charge in [0.2, 0.25) is 0 Å². The van der Waals surface area contributed by atoms with Crippen LogP contribution in [-0.2, 0) is 6.54 Å². The molecular weight excluding hydrogens is 258 g/mol. The van der Waals surface area contributed by atoms with E-state index in [0.717, 1.165) is 35.4 Å². The van der Waals surface area contributed by atoms with Crippen molar-refractivity contribution in [2.75, 3.05) is 0 Å². The molecule has 0 saturated carbocycles. The molecule has 21 heavy (non-hydrogen) atoms. The molecule has 0 aliphatic rings. The minimum Gasteiger partial charge on any atom is -0.324 e. The summed E-state index contributed by atoms with van der Waals surface area (Å²) in [5.41, 5.74) is 4.50. The van der Waals surface area contributed by atoms with E-state index in [4.69, 9.17) is 10.2 Å². The molecule has 3 aromatic rings. The van der Waals surface area contributed by atoms with Crippen molar-refractivity contribution < 1.29 is 0 Å². The largest absolute Gasteiger partial charge is 0.324 e. The number of benzene rings is 2. The van der Waals surface area contributed by atoms with Crippen LogP contribution < -0.4 is 0 Å². The molecule has 104 valence electrons. The normalized spacial score (nSPS) is 10.7. The second-order valence-corrected chi connectivity index (χ2v) is 5.20. The Morgan fingerprint density at radius 3 is 2.62 bits per heavy atom. The lowest BCUT2D eigenvalue weighted by atomic mass is 10.1. The van der Waals surface area contributed by atoms with Gasteiger partial charge in [-0.25, -0.2) is 4.98 Å². The van der Waals surface area contributed by atoms with E-state index < -0.39 is 0 Å². The summed E-state index contributed by atoms with van der Waals surface area (Å²) in [5.74, 6) is 0.981. The van der Waals surface area contributed by atoms with Gasteiger partial charge in [-0.15, -0.1) is 0 Å². The van der Waals surface area contributed by atoms with Gasteiger partial charge in [-0.2, -0.15) is 5.26 Å². The number of fused-ring (bicyclic) bond motifs is 1. The molecule has 0 spiro atoms. The molecule has 0 atom stereocenters. The number of nitriles is 1. The number of unbranched alkanes of at least 4 members (excludes halogenated alkanes) is 1. The van der Waals surface area contributed by atoms with E-state index in [1.54, 1.807) is 0 Å². The fraction of sp³-hybridized carbons (Fsp3) is 0.222. The van der Waals surface area contributed by atoms with Crippen LogP contribution in [0, 0.1) is 18.3 Å². The second-order valence-electron chi connectivity index (χ2n) is 5.20. The van der Waals surface area contributed by atoms with Crippen LogP contribution in [0.1, 0.15) is 18.4 Å². The van der Waals surface area contributed by atoms with Gasteiger partial charge in [0.1, 0.15) is 5.82 Å². The Morgan fingerprint density at radius 2 is 1.86 bits per heavy atom. The zero-order valence-corrected chi connectivity index (χ0v) is 12.1. The molecule has 0 amide bonds. The molecule has 3 rings (SSSR count). The highest BCUT2D eigenvalue weighted by molar-refractivity contribution is 5.80. The topological polar surface area (TPSA) is 41.6 Å². The van der Waals surface area contributed by atoms with Crippen LogP contribution in [0.15, 0.2) is 48.5 Å². The van der Waals surface area contributed by atoms with Crippen molar-refractivity contribution in [2.45, 2.75) is 26.3 Å². The van der Waals surface area contributed by atoms with E-state index in [2.05, 4.69) is 47.9 Å². The zero-order valence-electron chi connectivity index (χ0n) is 12.1. The van der Waals surface area contributed by atoms with Crippen LogP contribution in [0.5, 0.6) is 0 Å². The van der Waals surface area contributed by atoms with Crippen LogP contribution in [0.25, 0.3) is 22.4 Å². The first-order valence-electron chi connectivity index (χ1n) is 7.19. The van der Waals surface area contributed by atoms with E-state index in [9.17, 15) is 0 Å². The summed E-state index contributed by atoms with van der Waals surface area (Å²) >= 11 is 0. The van der Waals surface area contributed by atoms with Gasteiger partial charge in [0.25, 0.3) is 0 Å². The Hall–Kier alpha value is -2.60. The molecule has 0 radical (unpaired) electrons. The SMILES string of the molecule is Cc1ccc(-c2nc3ccccc3n2CCCC#N)cc1. The molecule has 0 unspecified atom stereocenters. The summed E-state index contributed by atoms with van der Waals surface area (Å²) < 4.78 is 2.22. The van der Waals surface area contributed by atoms with Crippen molar-refractivity contribution in [3.05, 3.63) is 54.1 Å². The van der Waals surface area contributed by atoms with E-state index in [-0.39, 0.29) is 0 Å². The predicted octanol–water partition coefficient (Wildman–Crippen LogP) is 4.32. The number of imidazole rings is 1. The molecule has 0 N–H and O–H groups in total. The first-order valence-corrected chi connectivity index (χ1v) is 7.19. The third-order valence-electron chi connectivity index (χ3n) is 3.63. The average molecular weight is 275 g/mol. The zero-order chi connectivity index (χ0) is 14.7. The van der Waals surface area contributed by atoms with E-state index in [1.807, 2.05) is 18.2 Å². The molecule has 3 heteroatoms. The summed E-state index contributed by atoms with van der Waals surface area (Å²) in [6, 6.07) is 18.8. The summed E-state index contributed by atoms with van der Waals surface area (Å²) in [5, 5.41) is 8.75. The third kappa shape index (κ3) is 2.66. The van der Waals surface area contributed by atoms with E-state index in [0.29, 0.717) is 6.42 Å². The predicted molar refractivity (Wildman–Crippen MR) is 84.8 cm³/mol. The maximum atomic E-state index is 8.75. The fourth-order valence-corrected chi connectivity index (χ4v) is 2.54. The van der Waals surface area contributed by atoms with Crippen LogP contribution in [0.4, 0.5) is 0 Å². The smallest absolute Gasteiger partial charge is 0.141 e. The fourth-order valence-electron chi connectivity index (χ4n) is 2.54. The van der Waals surface area contributed by atoms with Gasteiger partial charge in [0.15, 0.2) is 0 Å². The summed E-state index contributed by atoms with van der Waals surface area (Å²) in [6.07, 6.45) is 1.41. The Labute approximate surface area is 124 Å². The maximum Gasteiger partial charge on any atom is 0.141 e. The molecule has 3 nitrogen and oxygen atoms in total. The van der Waals surface area contributed by atoms with Crippen molar-refractivity contribution in [2.24, 2.45) is 0 Å². The molecule has 1 heterocycles. The number of hydrogen-bond acceptors (Lipinski definition) is 2. The van der Waals surface area contributed by atoms with Crippen LogP contribution >= 0.6 is 0 Å². The van der Waals surface area contributed by atoms with Crippen LogP contribution in [0.2, 0.25) is 0 Å². The first-order chi connectivity index (χ1) is 10.3. The van der Waals surface area contributed by atoms with Crippen molar-refractivity contribution in [3.63, 3.8) is 0 Å². The van der Waals surface area contributed by atoms with Crippen LogP contribution in [0.3, 0.4) is 0 Å². The molecule has 0 aliphatic carbocycles. The molecular formula is C18H17N3. The minimum atomic E-state index is 0.569. The highest BCUT2D eigenvalue weighted by Crippen LogP contribution is 2.25. The monoisotopic (exact) mass is 275 g/mol. The van der Waals surface area contributed by atoms with E-state index >= 15 is 0 Å². The van der Waals surface area contributed by atoms with Gasteiger partial charge in [-0.1, -0.05) is 42.0 Å². The molecule has 2 aromatic carbocycles. The van der Waals surface area contributed by atoms with Gasteiger partial charge in [-0.05, 0) is 25.5 Å². The summed E-state index contributed by atoms with van der Waals surface area (Å²) in [4.78, 5) is 4.77. The standard InChI is InChI=1S/C18H17N3/c1-14-8-10-15(11-9-14)18-20-16-6-2-3-7-17(16)21(18)13-5-4-12-19/h2-3,6-11H,4-5,13H2,1H3. The average Bonchev–Trinajstić information content (AvgIpc) is 2.87. The molecule has 0 fully saturated rings. The Bertz CT molecular complexity index is 791. The van der Waals surface area contributed by atoms with Gasteiger partial charge in [0, 0.05) is 18.5 Å². The van der Waals surface area contributed by atoms with Gasteiger partial charge >= 0.3 is 0 Å². The van der Waals surface area contributed by atoms with E-state index in [1.165, 1.54) is 5.56 Å². The molecule has 1 aromatic heterocycles. The van der Waals surface area contributed by atoms with Gasteiger partial charge in [-0.3, -0.25) is 0 Å². The van der Waals surface area contributed by atoms with Crippen molar-refractivity contribution in [1.82, 2.24) is 9.55 Å². The molecule has 0 saturated heterocycles. The first kappa shape index (κ1) is 13.4. The number of para-hydroxylation sites is 2.